The van der Waals surface area contributed by atoms with Gasteiger partial charge in [0.25, 0.3) is 0 Å². The maximum Gasteiger partial charge on any atom is 0.323 e. The van der Waals surface area contributed by atoms with Gasteiger partial charge in [0, 0.05) is 12.5 Å². The van der Waals surface area contributed by atoms with E-state index in [9.17, 15) is 9.59 Å². The molecule has 2 amide bonds. The van der Waals surface area contributed by atoms with Gasteiger partial charge in [0.1, 0.15) is 0 Å². The third-order valence-electron chi connectivity index (χ3n) is 3.84. The van der Waals surface area contributed by atoms with Gasteiger partial charge in [-0.1, -0.05) is 19.1 Å². The van der Waals surface area contributed by atoms with Crippen LogP contribution in [0.4, 0.5) is 4.79 Å². The van der Waals surface area contributed by atoms with Gasteiger partial charge in [0.15, 0.2) is 0 Å². The van der Waals surface area contributed by atoms with E-state index in [4.69, 9.17) is 4.74 Å². The number of esters is 1. The minimum atomic E-state index is -0.168. The first-order chi connectivity index (χ1) is 9.62. The van der Waals surface area contributed by atoms with Crippen molar-refractivity contribution in [3.8, 4) is 0 Å². The maximum atomic E-state index is 11.5. The lowest BCUT2D eigenvalue weighted by Gasteiger charge is -2.24. The number of carbonyl (C=O) groups is 2. The normalized spacial score (nSPS) is 25.6. The average molecular weight is 394 g/mol. The number of urea groups is 1. The van der Waals surface area contributed by atoms with Crippen LogP contribution in [0.5, 0.6) is 0 Å². The van der Waals surface area contributed by atoms with E-state index in [0.29, 0.717) is 12.3 Å². The van der Waals surface area contributed by atoms with Crippen LogP contribution < -0.4 is 8.85 Å². The second-order valence-electron chi connectivity index (χ2n) is 5.07. The summed E-state index contributed by atoms with van der Waals surface area (Å²) in [4.78, 5) is 23.0. The van der Waals surface area contributed by atoms with Crippen LogP contribution >= 0.6 is 22.9 Å². The number of carbonyl (C=O) groups excluding carboxylic acids is 2. The summed E-state index contributed by atoms with van der Waals surface area (Å²) in [5.74, 6) is 0.410. The Kier molecular flexibility index (Phi) is 7.94. The highest BCUT2D eigenvalue weighted by Gasteiger charge is 2.37. The molecule has 0 spiro atoms. The number of hydrogen-bond donors (Lipinski definition) is 2. The van der Waals surface area contributed by atoms with Crippen molar-refractivity contribution in [3.05, 3.63) is 12.2 Å². The van der Waals surface area contributed by atoms with Crippen molar-refractivity contribution in [2.75, 3.05) is 7.11 Å². The molecule has 1 rings (SSSR count). The first-order valence-corrected chi connectivity index (χ1v) is 8.09. The van der Waals surface area contributed by atoms with Crippen molar-refractivity contribution in [3.63, 3.8) is 0 Å². The molecule has 0 bridgehead atoms. The van der Waals surface area contributed by atoms with E-state index < -0.39 is 0 Å². The summed E-state index contributed by atoms with van der Waals surface area (Å²) in [6, 6.07) is -0.0419. The van der Waals surface area contributed by atoms with Gasteiger partial charge >= 0.3 is 12.0 Å². The van der Waals surface area contributed by atoms with E-state index in [0.717, 1.165) is 25.7 Å². The van der Waals surface area contributed by atoms with E-state index in [1.54, 1.807) is 0 Å². The van der Waals surface area contributed by atoms with Crippen molar-refractivity contribution in [1.29, 1.82) is 0 Å². The van der Waals surface area contributed by atoms with Crippen molar-refractivity contribution in [2.24, 2.45) is 11.8 Å². The van der Waals surface area contributed by atoms with Crippen molar-refractivity contribution >= 4 is 34.9 Å². The number of hydrogen-bond acceptors (Lipinski definition) is 3. The maximum absolute atomic E-state index is 11.5. The van der Waals surface area contributed by atoms with Crippen LogP contribution in [0.1, 0.15) is 39.0 Å². The summed E-state index contributed by atoms with van der Waals surface area (Å²) < 4.78 is 7.32. The largest absolute Gasteiger partial charge is 0.469 e. The van der Waals surface area contributed by atoms with Crippen molar-refractivity contribution in [1.82, 2.24) is 8.85 Å². The Balaban J connectivity index is 2.67. The van der Waals surface area contributed by atoms with Crippen LogP contribution in [0.3, 0.4) is 0 Å². The van der Waals surface area contributed by atoms with Gasteiger partial charge in [-0.15, -0.1) is 0 Å². The highest BCUT2D eigenvalue weighted by molar-refractivity contribution is 14.1. The predicted molar refractivity (Wildman–Crippen MR) is 86.4 cm³/mol. The Morgan fingerprint density at radius 2 is 2.10 bits per heavy atom. The molecule has 0 heterocycles. The van der Waals surface area contributed by atoms with Gasteiger partial charge in [0.2, 0.25) is 0 Å². The lowest BCUT2D eigenvalue weighted by molar-refractivity contribution is -0.142. The predicted octanol–water partition coefficient (Wildman–Crippen LogP) is 2.95. The smallest absolute Gasteiger partial charge is 0.323 e. The minimum Gasteiger partial charge on any atom is -0.469 e. The van der Waals surface area contributed by atoms with Gasteiger partial charge in [-0.05, 0) is 37.5 Å². The molecule has 0 aromatic carbocycles. The molecule has 0 radical (unpaired) electrons. The SMILES string of the molecule is CC/C=C/CC1C(CC(=O)OC)CCC1NC(=O)NI. The average Bonchev–Trinajstić information content (AvgIpc) is 2.81. The lowest BCUT2D eigenvalue weighted by atomic mass is 9.88. The molecule has 1 fully saturated rings. The number of rotatable bonds is 6. The molecule has 0 aromatic rings. The second kappa shape index (κ2) is 9.20. The zero-order valence-electron chi connectivity index (χ0n) is 12.0. The molecule has 6 heteroatoms. The van der Waals surface area contributed by atoms with Crippen LogP contribution in [0.25, 0.3) is 0 Å². The van der Waals surface area contributed by atoms with E-state index >= 15 is 0 Å². The third-order valence-corrected chi connectivity index (χ3v) is 4.33. The van der Waals surface area contributed by atoms with Gasteiger partial charge < -0.3 is 10.1 Å². The zero-order valence-corrected chi connectivity index (χ0v) is 14.2. The Bertz CT molecular complexity index is 334. The highest BCUT2D eigenvalue weighted by Crippen LogP contribution is 2.37. The second-order valence-corrected chi connectivity index (χ2v) is 5.61. The number of halogens is 1. The number of nitrogens with one attached hydrogen (secondary N) is 2. The third kappa shape index (κ3) is 5.30. The zero-order chi connectivity index (χ0) is 15.0. The minimum absolute atomic E-state index is 0.126. The molecule has 1 aliphatic rings. The Morgan fingerprint density at radius 3 is 2.70 bits per heavy atom. The Hall–Kier alpha value is -0.790. The Morgan fingerprint density at radius 1 is 1.35 bits per heavy atom. The Labute approximate surface area is 134 Å². The van der Waals surface area contributed by atoms with Crippen LogP contribution in [0, 0.1) is 11.8 Å². The van der Waals surface area contributed by atoms with Gasteiger partial charge in [-0.25, -0.2) is 4.79 Å². The molecule has 1 aliphatic carbocycles. The molecular formula is C14H23IN2O3. The van der Waals surface area contributed by atoms with E-state index in [1.165, 1.54) is 7.11 Å². The number of ether oxygens (including phenoxy) is 1. The molecule has 3 unspecified atom stereocenters. The lowest BCUT2D eigenvalue weighted by Crippen LogP contribution is -2.41. The number of amides is 2. The summed E-state index contributed by atoms with van der Waals surface area (Å²) in [5, 5.41) is 2.98. The van der Waals surface area contributed by atoms with Crippen LogP contribution in [-0.2, 0) is 9.53 Å². The summed E-state index contributed by atoms with van der Waals surface area (Å²) in [5.41, 5.74) is 0. The summed E-state index contributed by atoms with van der Waals surface area (Å²) in [6.45, 7) is 2.09. The molecule has 0 aromatic heterocycles. The van der Waals surface area contributed by atoms with Crippen molar-refractivity contribution < 1.29 is 14.3 Å². The van der Waals surface area contributed by atoms with Gasteiger partial charge in [0.05, 0.1) is 30.0 Å². The number of allylic oxidation sites excluding steroid dienone is 2. The highest BCUT2D eigenvalue weighted by atomic mass is 127. The van der Waals surface area contributed by atoms with Gasteiger partial charge in [-0.3, -0.25) is 8.32 Å². The fourth-order valence-corrected chi connectivity index (χ4v) is 3.01. The van der Waals surface area contributed by atoms with E-state index in [1.807, 2.05) is 22.9 Å². The molecule has 2 N–H and O–H groups in total. The molecule has 114 valence electrons. The monoisotopic (exact) mass is 394 g/mol. The summed E-state index contributed by atoms with van der Waals surface area (Å²) in [6.07, 6.45) is 8.47. The first kappa shape index (κ1) is 17.3. The van der Waals surface area contributed by atoms with Gasteiger partial charge in [-0.2, -0.15) is 0 Å². The quantitative estimate of drug-likeness (QED) is 0.315. The molecule has 0 saturated heterocycles. The number of methoxy groups -OCH3 is 1. The van der Waals surface area contributed by atoms with E-state index in [-0.39, 0.29) is 24.0 Å². The molecule has 3 atom stereocenters. The molecule has 20 heavy (non-hydrogen) atoms. The topological polar surface area (TPSA) is 67.4 Å². The van der Waals surface area contributed by atoms with Crippen LogP contribution in [-0.4, -0.2) is 25.2 Å². The molecular weight excluding hydrogens is 371 g/mol. The van der Waals surface area contributed by atoms with E-state index in [2.05, 4.69) is 27.9 Å². The fraction of sp³-hybridized carbons (Fsp3) is 0.714. The fourth-order valence-electron chi connectivity index (χ4n) is 2.85. The molecule has 1 saturated carbocycles. The van der Waals surface area contributed by atoms with Crippen molar-refractivity contribution in [2.45, 2.75) is 45.1 Å². The summed E-state index contributed by atoms with van der Waals surface area (Å²) >= 11 is 1.82. The molecule has 0 aliphatic heterocycles. The van der Waals surface area contributed by atoms with Crippen LogP contribution in [0.2, 0.25) is 0 Å². The molecule has 5 nitrogen and oxygen atoms in total. The standard InChI is InChI=1S/C14H23IN2O3/c1-3-4-5-6-11-10(9-13(18)20-2)7-8-12(11)16-14(19)17-15/h4-5,10-12H,3,6-9H2,1-2H3,(H2,16,17,19)/b5-4+. The first-order valence-electron chi connectivity index (χ1n) is 7.01. The summed E-state index contributed by atoms with van der Waals surface area (Å²) in [7, 11) is 1.42. The van der Waals surface area contributed by atoms with Crippen LogP contribution in [0.15, 0.2) is 12.2 Å².